The third-order valence-electron chi connectivity index (χ3n) is 5.46. The number of anilines is 2. The topological polar surface area (TPSA) is 96.9 Å². The molecule has 0 saturated heterocycles. The van der Waals surface area contributed by atoms with Gasteiger partial charge in [0, 0.05) is 17.9 Å². The molecule has 0 radical (unpaired) electrons. The predicted molar refractivity (Wildman–Crippen MR) is 168 cm³/mol. The summed E-state index contributed by atoms with van der Waals surface area (Å²) >= 11 is 17.7. The van der Waals surface area contributed by atoms with Crippen molar-refractivity contribution < 1.29 is 9.59 Å². The van der Waals surface area contributed by atoms with Gasteiger partial charge >= 0.3 is 0 Å². The first-order valence-corrected chi connectivity index (χ1v) is 16.3. The summed E-state index contributed by atoms with van der Waals surface area (Å²) in [5, 5.41) is 15.4. The third kappa shape index (κ3) is 8.18. The Kier molecular flexibility index (Phi) is 9.95. The van der Waals surface area contributed by atoms with Gasteiger partial charge in [0.05, 0.1) is 26.0 Å². The molecular weight excluding hydrogens is 626 g/mol. The minimum atomic E-state index is -0.187. The van der Waals surface area contributed by atoms with E-state index in [1.54, 1.807) is 6.07 Å². The number of aromatic nitrogens is 3. The molecule has 2 N–H and O–H groups in total. The average Bonchev–Trinajstić information content (AvgIpc) is 3.58. The average molecular weight is 647 g/mol. The zero-order valence-electron chi connectivity index (χ0n) is 20.7. The maximum atomic E-state index is 12.5. The highest BCUT2D eigenvalue weighted by Gasteiger charge is 2.13. The number of thioether (sulfide) groups is 2. The number of hydrogen-bond acceptors (Lipinski definition) is 9. The summed E-state index contributed by atoms with van der Waals surface area (Å²) in [6, 6.07) is 21.1. The SMILES string of the molecule is O=C(CCc1ccccc1)Nc1ccc2nc(SCC(=O)Nc3nnc(SCc4ccc(Cl)c(Cl)c4)s3)sc2c1. The number of thiazole rings is 1. The number of nitrogens with zero attached hydrogens (tertiary/aromatic N) is 3. The fourth-order valence-electron chi connectivity index (χ4n) is 3.54. The highest BCUT2D eigenvalue weighted by Crippen LogP contribution is 2.33. The molecule has 2 heterocycles. The number of amides is 2. The van der Waals surface area contributed by atoms with E-state index in [2.05, 4.69) is 25.8 Å². The van der Waals surface area contributed by atoms with Crippen molar-refractivity contribution in [1.29, 1.82) is 0 Å². The monoisotopic (exact) mass is 645 g/mol. The lowest BCUT2D eigenvalue weighted by Crippen LogP contribution is -2.13. The number of fused-ring (bicyclic) bond motifs is 1. The van der Waals surface area contributed by atoms with Crippen LogP contribution in [-0.2, 0) is 21.8 Å². The van der Waals surface area contributed by atoms with Gasteiger partial charge in [-0.3, -0.25) is 14.9 Å². The molecule has 0 atom stereocenters. The van der Waals surface area contributed by atoms with E-state index in [1.807, 2.05) is 60.7 Å². The predicted octanol–water partition coefficient (Wildman–Crippen LogP) is 8.05. The smallest absolute Gasteiger partial charge is 0.236 e. The van der Waals surface area contributed by atoms with Crippen molar-refractivity contribution >= 4 is 102 Å². The molecule has 0 aliphatic heterocycles. The van der Waals surface area contributed by atoms with Crippen molar-refractivity contribution in [3.63, 3.8) is 0 Å². The summed E-state index contributed by atoms with van der Waals surface area (Å²) < 4.78 is 2.45. The molecule has 0 fully saturated rings. The lowest BCUT2D eigenvalue weighted by atomic mass is 10.1. The summed E-state index contributed by atoms with van der Waals surface area (Å²) in [4.78, 5) is 29.5. The van der Waals surface area contributed by atoms with Gasteiger partial charge in [-0.25, -0.2) is 4.98 Å². The molecule has 3 aromatic carbocycles. The molecule has 0 aliphatic carbocycles. The number of halogens is 2. The van der Waals surface area contributed by atoms with Gasteiger partial charge in [-0.15, -0.1) is 21.5 Å². The summed E-state index contributed by atoms with van der Waals surface area (Å²) in [5.41, 5.74) is 3.70. The number of nitrogens with one attached hydrogen (secondary N) is 2. The van der Waals surface area contributed by atoms with Gasteiger partial charge in [0.1, 0.15) is 0 Å². The van der Waals surface area contributed by atoms with Crippen LogP contribution in [0.25, 0.3) is 10.2 Å². The van der Waals surface area contributed by atoms with Crippen molar-refractivity contribution in [2.45, 2.75) is 27.3 Å². The van der Waals surface area contributed by atoms with Gasteiger partial charge in [0.15, 0.2) is 8.68 Å². The Bertz CT molecular complexity index is 1640. The van der Waals surface area contributed by atoms with E-state index in [4.69, 9.17) is 23.2 Å². The van der Waals surface area contributed by atoms with Crippen LogP contribution in [0.2, 0.25) is 10.0 Å². The number of carbonyl (C=O) groups is 2. The van der Waals surface area contributed by atoms with E-state index < -0.39 is 0 Å². The molecule has 0 unspecified atom stereocenters. The van der Waals surface area contributed by atoms with Gasteiger partial charge in [0.2, 0.25) is 16.9 Å². The molecule has 0 aliphatic rings. The maximum absolute atomic E-state index is 12.5. The number of aryl methyl sites for hydroxylation is 1. The van der Waals surface area contributed by atoms with Crippen LogP contribution in [0, 0.1) is 0 Å². The largest absolute Gasteiger partial charge is 0.326 e. The van der Waals surface area contributed by atoms with Crippen LogP contribution in [0.1, 0.15) is 17.5 Å². The van der Waals surface area contributed by atoms with Crippen LogP contribution in [0.15, 0.2) is 75.4 Å². The van der Waals surface area contributed by atoms with E-state index in [-0.39, 0.29) is 17.6 Å². The second-order valence-corrected chi connectivity index (χ2v) is 13.7. The number of carbonyl (C=O) groups excluding carboxylic acids is 2. The Balaban J connectivity index is 1.08. The number of rotatable bonds is 11. The molecule has 204 valence electrons. The van der Waals surface area contributed by atoms with Crippen LogP contribution in [0.4, 0.5) is 10.8 Å². The zero-order valence-corrected chi connectivity index (χ0v) is 25.5. The second kappa shape index (κ2) is 13.8. The second-order valence-electron chi connectivity index (χ2n) is 8.44. The fourth-order valence-corrected chi connectivity index (χ4v) is 7.48. The van der Waals surface area contributed by atoms with Gasteiger partial charge in [-0.1, -0.05) is 94.5 Å². The number of hydrogen-bond donors (Lipinski definition) is 2. The third-order valence-corrected chi connectivity index (χ3v) is 10.4. The van der Waals surface area contributed by atoms with Crippen molar-refractivity contribution in [1.82, 2.24) is 15.2 Å². The first-order valence-electron chi connectivity index (χ1n) is 12.0. The number of benzene rings is 3. The summed E-state index contributed by atoms with van der Waals surface area (Å²) in [7, 11) is 0. The molecule has 2 amide bonds. The molecule has 13 heteroatoms. The maximum Gasteiger partial charge on any atom is 0.236 e. The van der Waals surface area contributed by atoms with Crippen molar-refractivity contribution in [2.75, 3.05) is 16.4 Å². The van der Waals surface area contributed by atoms with E-state index in [9.17, 15) is 9.59 Å². The zero-order chi connectivity index (χ0) is 27.9. The fraction of sp³-hybridized carbons (Fsp3) is 0.148. The van der Waals surface area contributed by atoms with Crippen LogP contribution in [0.5, 0.6) is 0 Å². The minimum absolute atomic E-state index is 0.0356. The van der Waals surface area contributed by atoms with Crippen molar-refractivity contribution in [3.8, 4) is 0 Å². The van der Waals surface area contributed by atoms with Gasteiger partial charge in [0.25, 0.3) is 0 Å². The lowest BCUT2D eigenvalue weighted by molar-refractivity contribution is -0.116. The molecule has 0 spiro atoms. The van der Waals surface area contributed by atoms with E-state index in [0.717, 1.165) is 35.7 Å². The Morgan fingerprint density at radius 3 is 2.48 bits per heavy atom. The highest BCUT2D eigenvalue weighted by atomic mass is 35.5. The molecule has 5 aromatic rings. The van der Waals surface area contributed by atoms with Gasteiger partial charge in [-0.2, -0.15) is 0 Å². The first kappa shape index (κ1) is 28.8. The Hall–Kier alpha value is -2.67. The Labute approximate surface area is 257 Å². The van der Waals surface area contributed by atoms with Crippen LogP contribution in [-0.4, -0.2) is 32.7 Å². The first-order chi connectivity index (χ1) is 19.4. The van der Waals surface area contributed by atoms with Crippen LogP contribution < -0.4 is 10.6 Å². The molecule has 0 bridgehead atoms. The van der Waals surface area contributed by atoms with Crippen LogP contribution >= 0.6 is 69.4 Å². The van der Waals surface area contributed by atoms with Crippen LogP contribution in [0.3, 0.4) is 0 Å². The molecule has 2 aromatic heterocycles. The standard InChI is InChI=1S/C27H21Cl2N5O2S4/c28-19-9-6-17(12-20(19)29)14-37-27-34-33-25(40-27)32-24(36)15-38-26-31-21-10-8-18(13-22(21)39-26)30-23(35)11-7-16-4-2-1-3-5-16/h1-6,8-10,12-13H,7,11,14-15H2,(H,30,35)(H,32,33,36). The van der Waals surface area contributed by atoms with Gasteiger partial charge < -0.3 is 5.32 Å². The molecular formula is C27H21Cl2N5O2S4. The summed E-state index contributed by atoms with van der Waals surface area (Å²) in [6.45, 7) is 0. The van der Waals surface area contributed by atoms with Gasteiger partial charge in [-0.05, 0) is 47.9 Å². The Morgan fingerprint density at radius 2 is 1.65 bits per heavy atom. The summed E-state index contributed by atoms with van der Waals surface area (Å²) in [6.07, 6.45) is 1.10. The molecule has 5 rings (SSSR count). The quantitative estimate of drug-likeness (QED) is 0.111. The molecule has 40 heavy (non-hydrogen) atoms. The molecule has 0 saturated carbocycles. The normalized spacial score (nSPS) is 11.1. The lowest BCUT2D eigenvalue weighted by Gasteiger charge is -2.05. The van der Waals surface area contributed by atoms with Crippen molar-refractivity contribution in [2.24, 2.45) is 0 Å². The Morgan fingerprint density at radius 1 is 0.800 bits per heavy atom. The molecule has 7 nitrogen and oxygen atoms in total. The minimum Gasteiger partial charge on any atom is -0.326 e. The van der Waals surface area contributed by atoms with E-state index in [1.165, 1.54) is 46.2 Å². The van der Waals surface area contributed by atoms with E-state index in [0.29, 0.717) is 33.8 Å². The summed E-state index contributed by atoms with van der Waals surface area (Å²) in [5.74, 6) is 0.625. The van der Waals surface area contributed by atoms with Crippen molar-refractivity contribution in [3.05, 3.63) is 87.9 Å². The van der Waals surface area contributed by atoms with E-state index >= 15 is 0 Å². The highest BCUT2D eigenvalue weighted by molar-refractivity contribution is 8.01.